The fourth-order valence-electron chi connectivity index (χ4n) is 3.06. The van der Waals surface area contributed by atoms with Gasteiger partial charge < -0.3 is 15.8 Å². The summed E-state index contributed by atoms with van der Waals surface area (Å²) in [5.41, 5.74) is 7.30. The molecule has 4 rings (SSSR count). The number of rotatable bonds is 5. The molecule has 0 spiro atoms. The average molecular weight is 402 g/mol. The van der Waals surface area contributed by atoms with Crippen LogP contribution in [0.1, 0.15) is 13.8 Å². The van der Waals surface area contributed by atoms with Gasteiger partial charge in [0.1, 0.15) is 17.3 Å². The predicted molar refractivity (Wildman–Crippen MR) is 118 cm³/mol. The molecule has 0 radical (unpaired) electrons. The Balaban J connectivity index is 1.66. The van der Waals surface area contributed by atoms with Crippen molar-refractivity contribution in [3.8, 4) is 22.8 Å². The van der Waals surface area contributed by atoms with Gasteiger partial charge in [-0.1, -0.05) is 6.07 Å². The van der Waals surface area contributed by atoms with E-state index < -0.39 is 0 Å². The Morgan fingerprint density at radius 3 is 2.63 bits per heavy atom. The monoisotopic (exact) mass is 402 g/mol. The molecule has 3 aromatic heterocycles. The van der Waals surface area contributed by atoms with Crippen LogP contribution in [0.3, 0.4) is 0 Å². The minimum Gasteiger partial charge on any atom is -0.457 e. The molecular formula is C22H22N6O2. The third-order valence-corrected chi connectivity index (χ3v) is 4.51. The number of aromatic nitrogens is 4. The van der Waals surface area contributed by atoms with Crippen molar-refractivity contribution in [2.45, 2.75) is 19.9 Å². The van der Waals surface area contributed by atoms with E-state index in [9.17, 15) is 4.79 Å². The van der Waals surface area contributed by atoms with Crippen LogP contribution in [0.15, 0.2) is 59.7 Å². The molecule has 0 saturated carbocycles. The lowest BCUT2D eigenvalue weighted by molar-refractivity contribution is 0.483. The van der Waals surface area contributed by atoms with Gasteiger partial charge in [0, 0.05) is 36.9 Å². The van der Waals surface area contributed by atoms with E-state index in [1.54, 1.807) is 31.6 Å². The van der Waals surface area contributed by atoms with Crippen LogP contribution >= 0.6 is 0 Å². The highest BCUT2D eigenvalue weighted by molar-refractivity contribution is 5.82. The van der Waals surface area contributed by atoms with Crippen molar-refractivity contribution in [3.63, 3.8) is 0 Å². The van der Waals surface area contributed by atoms with E-state index in [0.717, 1.165) is 10.9 Å². The number of nitrogens with two attached hydrogens (primary N) is 1. The highest BCUT2D eigenvalue weighted by Gasteiger charge is 2.12. The molecule has 3 heterocycles. The first-order chi connectivity index (χ1) is 14.4. The second kappa shape index (κ2) is 7.82. The first-order valence-corrected chi connectivity index (χ1v) is 9.54. The average Bonchev–Trinajstić information content (AvgIpc) is 2.71. The maximum Gasteiger partial charge on any atom is 0.264 e. The molecule has 30 heavy (non-hydrogen) atoms. The van der Waals surface area contributed by atoms with Gasteiger partial charge in [0.15, 0.2) is 0 Å². The molecule has 0 aliphatic rings. The van der Waals surface area contributed by atoms with Gasteiger partial charge in [-0.3, -0.25) is 9.36 Å². The maximum absolute atomic E-state index is 12.8. The Morgan fingerprint density at radius 2 is 1.87 bits per heavy atom. The first-order valence-electron chi connectivity index (χ1n) is 9.54. The first kappa shape index (κ1) is 19.4. The number of nitrogen functional groups attached to an aromatic ring is 1. The minimum atomic E-state index is -0.157. The Bertz CT molecular complexity index is 1280. The summed E-state index contributed by atoms with van der Waals surface area (Å²) in [6.07, 6.45) is 3.16. The Kier molecular flexibility index (Phi) is 5.05. The lowest BCUT2D eigenvalue weighted by Crippen LogP contribution is -2.25. The van der Waals surface area contributed by atoms with Crippen LogP contribution in [0.4, 0.5) is 11.8 Å². The molecule has 0 fully saturated rings. The molecule has 4 aromatic rings. The minimum absolute atomic E-state index is 0.157. The summed E-state index contributed by atoms with van der Waals surface area (Å²) in [5, 5.41) is 4.05. The summed E-state index contributed by atoms with van der Waals surface area (Å²) in [4.78, 5) is 25.8. The van der Waals surface area contributed by atoms with E-state index in [-0.39, 0.29) is 11.6 Å². The number of pyridine rings is 2. The number of hydrogen-bond acceptors (Lipinski definition) is 7. The molecule has 0 amide bonds. The Labute approximate surface area is 173 Å². The Hall–Kier alpha value is -3.94. The van der Waals surface area contributed by atoms with Crippen LogP contribution in [-0.4, -0.2) is 25.6 Å². The summed E-state index contributed by atoms with van der Waals surface area (Å²) in [6, 6.07) is 12.8. The van der Waals surface area contributed by atoms with Gasteiger partial charge in [0.25, 0.3) is 5.56 Å². The number of benzene rings is 1. The van der Waals surface area contributed by atoms with Crippen molar-refractivity contribution < 1.29 is 4.74 Å². The van der Waals surface area contributed by atoms with Crippen molar-refractivity contribution in [1.29, 1.82) is 0 Å². The van der Waals surface area contributed by atoms with Gasteiger partial charge in [0.2, 0.25) is 5.95 Å². The molecule has 0 saturated heterocycles. The van der Waals surface area contributed by atoms with E-state index in [0.29, 0.717) is 34.5 Å². The van der Waals surface area contributed by atoms with Crippen molar-refractivity contribution in [2.75, 3.05) is 11.1 Å². The third-order valence-electron chi connectivity index (χ3n) is 4.51. The van der Waals surface area contributed by atoms with Crippen molar-refractivity contribution >= 4 is 22.7 Å². The zero-order valence-electron chi connectivity index (χ0n) is 17.0. The van der Waals surface area contributed by atoms with Crippen molar-refractivity contribution in [3.05, 3.63) is 65.2 Å². The molecular weight excluding hydrogens is 380 g/mol. The summed E-state index contributed by atoms with van der Waals surface area (Å²) in [5.74, 6) is 2.18. The highest BCUT2D eigenvalue weighted by Crippen LogP contribution is 2.27. The standard InChI is InChI=1S/C22H22N6O2/c1-13(2)26-22-25-12-17(21(29)28(22)3)19-6-4-14-10-15(5-7-18(14)27-19)30-16-8-9-24-20(23)11-16/h4-13H,1-3H3,(H2,23,24)(H,25,26). The zero-order chi connectivity index (χ0) is 21.3. The normalized spacial score (nSPS) is 11.1. The number of nitrogens with one attached hydrogen (secondary N) is 1. The second-order valence-electron chi connectivity index (χ2n) is 7.23. The number of fused-ring (bicyclic) bond motifs is 1. The highest BCUT2D eigenvalue weighted by atomic mass is 16.5. The molecule has 8 nitrogen and oxygen atoms in total. The van der Waals surface area contributed by atoms with Crippen LogP contribution in [0.5, 0.6) is 11.5 Å². The quantitative estimate of drug-likeness (QED) is 0.525. The topological polar surface area (TPSA) is 108 Å². The van der Waals surface area contributed by atoms with Gasteiger partial charge in [0.05, 0.1) is 16.8 Å². The lowest BCUT2D eigenvalue weighted by Gasteiger charge is -2.13. The SMILES string of the molecule is CC(C)Nc1ncc(-c2ccc3cc(Oc4ccnc(N)c4)ccc3n2)c(=O)n1C. The van der Waals surface area contributed by atoms with Crippen molar-refractivity contribution in [2.24, 2.45) is 7.05 Å². The molecule has 0 aliphatic heterocycles. The van der Waals surface area contributed by atoms with Gasteiger partial charge in [-0.25, -0.2) is 15.0 Å². The van der Waals surface area contributed by atoms with Gasteiger partial charge in [-0.05, 0) is 44.2 Å². The molecule has 152 valence electrons. The molecule has 0 aliphatic carbocycles. The molecule has 1 aromatic carbocycles. The predicted octanol–water partition coefficient (Wildman–Crippen LogP) is 3.59. The molecule has 0 unspecified atom stereocenters. The van der Waals surface area contributed by atoms with Crippen LogP contribution in [0.2, 0.25) is 0 Å². The van der Waals surface area contributed by atoms with E-state index in [1.165, 1.54) is 4.57 Å². The molecule has 0 atom stereocenters. The van der Waals surface area contributed by atoms with Gasteiger partial charge >= 0.3 is 0 Å². The number of hydrogen-bond donors (Lipinski definition) is 2. The van der Waals surface area contributed by atoms with Crippen LogP contribution < -0.4 is 21.3 Å². The smallest absolute Gasteiger partial charge is 0.264 e. The van der Waals surface area contributed by atoms with Gasteiger partial charge in [-0.2, -0.15) is 0 Å². The van der Waals surface area contributed by atoms with Crippen molar-refractivity contribution in [1.82, 2.24) is 19.5 Å². The molecule has 0 bridgehead atoms. The van der Waals surface area contributed by atoms with Gasteiger partial charge in [-0.15, -0.1) is 0 Å². The summed E-state index contributed by atoms with van der Waals surface area (Å²) < 4.78 is 7.34. The van der Waals surface area contributed by atoms with E-state index in [1.807, 2.05) is 44.2 Å². The number of anilines is 2. The largest absolute Gasteiger partial charge is 0.457 e. The summed E-state index contributed by atoms with van der Waals surface area (Å²) >= 11 is 0. The van der Waals surface area contributed by atoms with Crippen LogP contribution in [0, 0.1) is 0 Å². The lowest BCUT2D eigenvalue weighted by atomic mass is 10.1. The third kappa shape index (κ3) is 3.93. The zero-order valence-corrected chi connectivity index (χ0v) is 17.0. The second-order valence-corrected chi connectivity index (χ2v) is 7.23. The fourth-order valence-corrected chi connectivity index (χ4v) is 3.06. The number of nitrogens with zero attached hydrogens (tertiary/aromatic N) is 4. The molecule has 8 heteroatoms. The Morgan fingerprint density at radius 1 is 1.07 bits per heavy atom. The fraction of sp³-hybridized carbons (Fsp3) is 0.182. The van der Waals surface area contributed by atoms with E-state index in [2.05, 4.69) is 20.3 Å². The summed E-state index contributed by atoms with van der Waals surface area (Å²) in [6.45, 7) is 3.99. The molecule has 3 N–H and O–H groups in total. The number of ether oxygens (including phenoxy) is 1. The van der Waals surface area contributed by atoms with E-state index in [4.69, 9.17) is 10.5 Å². The summed E-state index contributed by atoms with van der Waals surface area (Å²) in [7, 11) is 1.69. The van der Waals surface area contributed by atoms with Crippen LogP contribution in [0.25, 0.3) is 22.2 Å². The maximum atomic E-state index is 12.8. The van der Waals surface area contributed by atoms with E-state index >= 15 is 0 Å². The van der Waals surface area contributed by atoms with Crippen LogP contribution in [-0.2, 0) is 7.05 Å².